The van der Waals surface area contributed by atoms with E-state index in [-0.39, 0.29) is 5.82 Å². The minimum Gasteiger partial charge on any atom is -0.396 e. The first-order valence-electron chi connectivity index (χ1n) is 5.61. The topological polar surface area (TPSA) is 85.1 Å². The molecule has 0 fully saturated rings. The number of pyridine rings is 1. The van der Waals surface area contributed by atoms with Gasteiger partial charge in [-0.25, -0.2) is 22.2 Å². The predicted octanol–water partition coefficient (Wildman–Crippen LogP) is 2.81. The van der Waals surface area contributed by atoms with E-state index in [4.69, 9.17) is 5.73 Å². The van der Waals surface area contributed by atoms with Crippen molar-refractivity contribution in [3.63, 3.8) is 0 Å². The molecule has 0 spiro atoms. The Balaban J connectivity index is 2.43. The van der Waals surface area contributed by atoms with E-state index in [9.17, 15) is 17.2 Å². The maximum atomic E-state index is 13.6. The molecule has 0 aliphatic heterocycles. The Morgan fingerprint density at radius 1 is 1.24 bits per heavy atom. The molecule has 9 heteroatoms. The molecular weight excluding hydrogens is 368 g/mol. The molecule has 5 nitrogen and oxygen atoms in total. The van der Waals surface area contributed by atoms with E-state index < -0.39 is 32.2 Å². The van der Waals surface area contributed by atoms with Gasteiger partial charge in [0, 0.05) is 10.5 Å². The van der Waals surface area contributed by atoms with Gasteiger partial charge in [0.2, 0.25) is 0 Å². The molecule has 3 N–H and O–H groups in total. The molecule has 0 atom stereocenters. The standard InChI is InChI=1S/C12H10BrF2N3O2S/c1-6-7(13)2-3-12(17-6)18-21(19,20)11-5-10(16)8(14)4-9(11)15/h2-5H,16H2,1H3,(H,17,18). The van der Waals surface area contributed by atoms with Crippen molar-refractivity contribution in [3.05, 3.63) is 46.1 Å². The molecule has 1 aromatic heterocycles. The highest BCUT2D eigenvalue weighted by molar-refractivity contribution is 9.10. The van der Waals surface area contributed by atoms with Crippen LogP contribution in [0.3, 0.4) is 0 Å². The van der Waals surface area contributed by atoms with Crippen molar-refractivity contribution in [2.75, 3.05) is 10.5 Å². The second-order valence-electron chi connectivity index (χ2n) is 4.17. The third kappa shape index (κ3) is 3.30. The fourth-order valence-corrected chi connectivity index (χ4v) is 2.86. The molecule has 1 aromatic carbocycles. The number of rotatable bonds is 3. The number of hydrogen-bond donors (Lipinski definition) is 2. The number of aromatic nitrogens is 1. The smallest absolute Gasteiger partial charge is 0.266 e. The third-order valence-corrected chi connectivity index (χ3v) is 4.81. The number of sulfonamides is 1. The SMILES string of the molecule is Cc1nc(NS(=O)(=O)c2cc(N)c(F)cc2F)ccc1Br. The van der Waals surface area contributed by atoms with Gasteiger partial charge in [-0.3, -0.25) is 4.72 Å². The summed E-state index contributed by atoms with van der Waals surface area (Å²) in [4.78, 5) is 3.24. The highest BCUT2D eigenvalue weighted by atomic mass is 79.9. The fraction of sp³-hybridized carbons (Fsp3) is 0.0833. The zero-order valence-corrected chi connectivity index (χ0v) is 13.1. The van der Waals surface area contributed by atoms with Crippen LogP contribution in [0.5, 0.6) is 0 Å². The van der Waals surface area contributed by atoms with Crippen molar-refractivity contribution in [1.29, 1.82) is 0 Å². The lowest BCUT2D eigenvalue weighted by Crippen LogP contribution is -2.16. The summed E-state index contributed by atoms with van der Waals surface area (Å²) in [5.41, 5.74) is 5.36. The van der Waals surface area contributed by atoms with Gasteiger partial charge < -0.3 is 5.73 Å². The second-order valence-corrected chi connectivity index (χ2v) is 6.68. The molecule has 112 valence electrons. The number of nitrogens with zero attached hydrogens (tertiary/aromatic N) is 1. The monoisotopic (exact) mass is 377 g/mol. The number of nitrogens with two attached hydrogens (primary N) is 1. The number of nitrogen functional groups attached to an aromatic ring is 1. The molecule has 0 unspecified atom stereocenters. The Labute approximate surface area is 128 Å². The van der Waals surface area contributed by atoms with Crippen LogP contribution in [0.2, 0.25) is 0 Å². The van der Waals surface area contributed by atoms with Gasteiger partial charge in [0.05, 0.1) is 11.4 Å². The predicted molar refractivity (Wildman–Crippen MR) is 78.3 cm³/mol. The quantitative estimate of drug-likeness (QED) is 0.805. The number of nitrogens with one attached hydrogen (secondary N) is 1. The zero-order valence-electron chi connectivity index (χ0n) is 10.7. The second kappa shape index (κ2) is 5.57. The molecule has 0 aliphatic carbocycles. The van der Waals surface area contributed by atoms with Crippen LogP contribution in [-0.2, 0) is 10.0 Å². The number of benzene rings is 1. The molecule has 0 bridgehead atoms. The maximum absolute atomic E-state index is 13.6. The molecule has 0 saturated carbocycles. The average molecular weight is 378 g/mol. The van der Waals surface area contributed by atoms with Crippen LogP contribution < -0.4 is 10.5 Å². The first kappa shape index (κ1) is 15.6. The number of aryl methyl sites for hydroxylation is 1. The van der Waals surface area contributed by atoms with Gasteiger partial charge in [-0.15, -0.1) is 0 Å². The molecule has 21 heavy (non-hydrogen) atoms. The summed E-state index contributed by atoms with van der Waals surface area (Å²) in [6.45, 7) is 1.67. The van der Waals surface area contributed by atoms with Gasteiger partial charge in [-0.1, -0.05) is 0 Å². The van der Waals surface area contributed by atoms with Crippen LogP contribution in [0.4, 0.5) is 20.3 Å². The Hall–Kier alpha value is -1.74. The van der Waals surface area contributed by atoms with Crippen molar-refractivity contribution >= 4 is 37.5 Å². The van der Waals surface area contributed by atoms with Crippen molar-refractivity contribution in [3.8, 4) is 0 Å². The molecular formula is C12H10BrF2N3O2S. The van der Waals surface area contributed by atoms with Crippen molar-refractivity contribution in [2.45, 2.75) is 11.8 Å². The van der Waals surface area contributed by atoms with Gasteiger partial charge >= 0.3 is 0 Å². The highest BCUT2D eigenvalue weighted by Crippen LogP contribution is 2.24. The lowest BCUT2D eigenvalue weighted by Gasteiger charge is -2.10. The summed E-state index contributed by atoms with van der Waals surface area (Å²) in [5.74, 6) is -2.25. The molecule has 0 radical (unpaired) electrons. The Morgan fingerprint density at radius 2 is 1.90 bits per heavy atom. The summed E-state index contributed by atoms with van der Waals surface area (Å²) in [5, 5.41) is 0. The summed E-state index contributed by atoms with van der Waals surface area (Å²) in [6, 6.07) is 4.14. The van der Waals surface area contributed by atoms with Crippen LogP contribution in [0.1, 0.15) is 5.69 Å². The summed E-state index contributed by atoms with van der Waals surface area (Å²) < 4.78 is 53.7. The van der Waals surface area contributed by atoms with Crippen molar-refractivity contribution in [2.24, 2.45) is 0 Å². The molecule has 0 aliphatic rings. The Bertz CT molecular complexity index is 812. The van der Waals surface area contributed by atoms with Crippen LogP contribution >= 0.6 is 15.9 Å². The van der Waals surface area contributed by atoms with E-state index in [2.05, 4.69) is 25.6 Å². The summed E-state index contributed by atoms with van der Waals surface area (Å²) >= 11 is 3.23. The fourth-order valence-electron chi connectivity index (χ4n) is 1.54. The van der Waals surface area contributed by atoms with E-state index in [1.54, 1.807) is 13.0 Å². The summed E-state index contributed by atoms with van der Waals surface area (Å²) in [7, 11) is -4.26. The Morgan fingerprint density at radius 3 is 2.52 bits per heavy atom. The summed E-state index contributed by atoms with van der Waals surface area (Å²) in [6.07, 6.45) is 0. The minimum absolute atomic E-state index is 0.0120. The number of anilines is 2. The first-order valence-corrected chi connectivity index (χ1v) is 7.89. The van der Waals surface area contributed by atoms with Crippen LogP contribution in [0.25, 0.3) is 0 Å². The van der Waals surface area contributed by atoms with Crippen LogP contribution in [0, 0.1) is 18.6 Å². The Kier molecular flexibility index (Phi) is 4.15. The minimum atomic E-state index is -4.26. The van der Waals surface area contributed by atoms with Gasteiger partial charge in [0.15, 0.2) is 0 Å². The average Bonchev–Trinajstić information content (AvgIpc) is 2.37. The third-order valence-electron chi connectivity index (χ3n) is 2.60. The van der Waals surface area contributed by atoms with E-state index in [1.165, 1.54) is 6.07 Å². The lowest BCUT2D eigenvalue weighted by molar-refractivity contribution is 0.553. The molecule has 1 heterocycles. The normalized spacial score (nSPS) is 11.4. The molecule has 2 aromatic rings. The number of halogens is 3. The molecule has 2 rings (SSSR count). The van der Waals surface area contributed by atoms with Gasteiger partial charge in [0.25, 0.3) is 10.0 Å². The van der Waals surface area contributed by atoms with Gasteiger partial charge in [-0.05, 0) is 41.1 Å². The maximum Gasteiger partial charge on any atom is 0.266 e. The molecule has 0 saturated heterocycles. The van der Waals surface area contributed by atoms with E-state index in [1.807, 2.05) is 0 Å². The van der Waals surface area contributed by atoms with Crippen LogP contribution in [-0.4, -0.2) is 13.4 Å². The molecule has 0 amide bonds. The van der Waals surface area contributed by atoms with E-state index >= 15 is 0 Å². The highest BCUT2D eigenvalue weighted by Gasteiger charge is 2.22. The lowest BCUT2D eigenvalue weighted by atomic mass is 10.3. The largest absolute Gasteiger partial charge is 0.396 e. The van der Waals surface area contributed by atoms with E-state index in [0.29, 0.717) is 16.2 Å². The van der Waals surface area contributed by atoms with E-state index in [0.717, 1.165) is 6.07 Å². The number of hydrogen-bond acceptors (Lipinski definition) is 4. The van der Waals surface area contributed by atoms with Crippen molar-refractivity contribution in [1.82, 2.24) is 4.98 Å². The van der Waals surface area contributed by atoms with Gasteiger partial charge in [0.1, 0.15) is 22.3 Å². The zero-order chi connectivity index (χ0) is 15.8. The first-order chi connectivity index (χ1) is 9.70. The van der Waals surface area contributed by atoms with Crippen LogP contribution in [0.15, 0.2) is 33.6 Å². The van der Waals surface area contributed by atoms with Crippen molar-refractivity contribution < 1.29 is 17.2 Å². The van der Waals surface area contributed by atoms with Gasteiger partial charge in [-0.2, -0.15) is 0 Å².